The van der Waals surface area contributed by atoms with Gasteiger partial charge in [0.2, 0.25) is 23.6 Å². The first kappa shape index (κ1) is 48.2. The number of methoxy groups -OCH3 is 1. The van der Waals surface area contributed by atoms with Crippen LogP contribution in [0.15, 0.2) is 42.3 Å². The molecule has 2 heterocycles. The average Bonchev–Trinajstić information content (AvgIpc) is 4.03. The summed E-state index contributed by atoms with van der Waals surface area (Å²) in [5, 5.41) is 18.5. The second-order valence-corrected chi connectivity index (χ2v) is 19.7. The highest BCUT2D eigenvalue weighted by molar-refractivity contribution is 7.14. The number of hydrogen-bond acceptors (Lipinski definition) is 12. The second-order valence-electron chi connectivity index (χ2n) is 18.9. The average molecular weight is 902 g/mol. The second kappa shape index (κ2) is 20.7. The topological polar surface area (TPSA) is 199 Å². The molecular weight excluding hydrogens is 835 g/mol. The van der Waals surface area contributed by atoms with Crippen molar-refractivity contribution >= 4 is 57.0 Å². The molecule has 5 N–H and O–H groups in total. The summed E-state index contributed by atoms with van der Waals surface area (Å²) in [5.41, 5.74) is -0.303. The third-order valence-electron chi connectivity index (χ3n) is 13.0. The van der Waals surface area contributed by atoms with E-state index in [0.717, 1.165) is 37.2 Å². The zero-order chi connectivity index (χ0) is 46.3. The standard InChI is InChI=1S/C48H67N7O8S/c1-10-29-18-15-21-48(29,45(60)62-11-2)55-42(57)34-23-31(63-38-25-36(37-26-64-46(52-37)50-27(3)4)51-35-24-30(61-9)19-20-32(35)38)22-33(34)41(56)54-40(47(5,6)7)44(59)53-39(43(58)49-8)28-16-13-12-14-17-28/h10,19-20,24-29,31,33-34,39-40H,1,11-18,21-23H2,2-9H3,(H,49,58)(H,50,52)(H,53,59)(H,54,56)(H,55,57)/t29?,31-,33+,34+,39-,40+,48+/m0/s1. The number of likely N-dealkylation sites (N-methyl/N-ethyl adjacent to an activating group) is 1. The predicted molar refractivity (Wildman–Crippen MR) is 248 cm³/mol. The highest BCUT2D eigenvalue weighted by Crippen LogP contribution is 2.42. The summed E-state index contributed by atoms with van der Waals surface area (Å²) in [7, 11) is 3.14. The molecule has 2 aromatic heterocycles. The van der Waals surface area contributed by atoms with Crippen LogP contribution in [0.2, 0.25) is 0 Å². The van der Waals surface area contributed by atoms with Gasteiger partial charge in [0.25, 0.3) is 0 Å². The van der Waals surface area contributed by atoms with Crippen molar-refractivity contribution in [2.45, 2.75) is 136 Å². The van der Waals surface area contributed by atoms with E-state index >= 15 is 0 Å². The largest absolute Gasteiger partial charge is 0.497 e. The summed E-state index contributed by atoms with van der Waals surface area (Å²) in [6, 6.07) is 5.69. The minimum absolute atomic E-state index is 0.0309. The Hall–Kier alpha value is -5.25. The molecule has 348 valence electrons. The molecule has 3 saturated carbocycles. The molecule has 3 aliphatic carbocycles. The minimum Gasteiger partial charge on any atom is -0.497 e. The smallest absolute Gasteiger partial charge is 0.332 e. The maximum Gasteiger partial charge on any atom is 0.332 e. The molecule has 0 aliphatic heterocycles. The maximum absolute atomic E-state index is 14.8. The van der Waals surface area contributed by atoms with Crippen LogP contribution in [0, 0.1) is 29.1 Å². The number of nitrogens with zero attached hydrogens (tertiary/aromatic N) is 2. The summed E-state index contributed by atoms with van der Waals surface area (Å²) in [5.74, 6) is -3.52. The first-order chi connectivity index (χ1) is 30.5. The van der Waals surface area contributed by atoms with E-state index in [0.29, 0.717) is 53.1 Å². The molecule has 64 heavy (non-hydrogen) atoms. The summed E-state index contributed by atoms with van der Waals surface area (Å²) < 4.78 is 17.9. The summed E-state index contributed by atoms with van der Waals surface area (Å²) in [4.78, 5) is 80.5. The molecule has 3 aliphatic rings. The van der Waals surface area contributed by atoms with Crippen molar-refractivity contribution in [2.24, 2.45) is 29.1 Å². The lowest BCUT2D eigenvalue weighted by Crippen LogP contribution is -2.61. The fraction of sp³-hybridized carbons (Fsp3) is 0.604. The number of fused-ring (bicyclic) bond motifs is 1. The van der Waals surface area contributed by atoms with Crippen LogP contribution in [0.5, 0.6) is 11.5 Å². The summed E-state index contributed by atoms with van der Waals surface area (Å²) in [6.45, 7) is 15.5. The van der Waals surface area contributed by atoms with Crippen LogP contribution in [0.3, 0.4) is 0 Å². The molecular formula is C48H67N7O8S. The molecule has 1 unspecified atom stereocenters. The zero-order valence-electron chi connectivity index (χ0n) is 38.6. The van der Waals surface area contributed by atoms with E-state index in [-0.39, 0.29) is 43.2 Å². The highest BCUT2D eigenvalue weighted by Gasteiger charge is 2.53. The van der Waals surface area contributed by atoms with E-state index in [2.05, 4.69) is 33.2 Å². The van der Waals surface area contributed by atoms with Gasteiger partial charge in [-0.25, -0.2) is 14.8 Å². The summed E-state index contributed by atoms with van der Waals surface area (Å²) >= 11 is 1.47. The van der Waals surface area contributed by atoms with E-state index in [1.54, 1.807) is 27.2 Å². The van der Waals surface area contributed by atoms with Crippen LogP contribution in [0.25, 0.3) is 22.3 Å². The van der Waals surface area contributed by atoms with Gasteiger partial charge in [-0.15, -0.1) is 17.9 Å². The van der Waals surface area contributed by atoms with Gasteiger partial charge in [-0.05, 0) is 89.2 Å². The number of aromatic nitrogens is 2. The Bertz CT molecular complexity index is 2180. The van der Waals surface area contributed by atoms with E-state index in [9.17, 15) is 24.0 Å². The van der Waals surface area contributed by atoms with Crippen LogP contribution >= 0.6 is 11.3 Å². The Morgan fingerprint density at radius 2 is 1.66 bits per heavy atom. The number of hydrogen-bond donors (Lipinski definition) is 5. The van der Waals surface area contributed by atoms with Gasteiger partial charge in [-0.1, -0.05) is 46.1 Å². The lowest BCUT2D eigenvalue weighted by Gasteiger charge is -2.36. The molecule has 15 nitrogen and oxygen atoms in total. The fourth-order valence-electron chi connectivity index (χ4n) is 9.65. The predicted octanol–water partition coefficient (Wildman–Crippen LogP) is 6.71. The number of nitrogens with one attached hydrogen (secondary N) is 5. The lowest BCUT2D eigenvalue weighted by molar-refractivity contribution is -0.155. The quantitative estimate of drug-likeness (QED) is 0.0713. The van der Waals surface area contributed by atoms with Crippen molar-refractivity contribution in [1.82, 2.24) is 31.2 Å². The zero-order valence-corrected chi connectivity index (χ0v) is 39.5. The Morgan fingerprint density at radius 3 is 2.30 bits per heavy atom. The van der Waals surface area contributed by atoms with E-state index in [1.165, 1.54) is 11.3 Å². The van der Waals surface area contributed by atoms with Crippen molar-refractivity contribution in [3.8, 4) is 22.9 Å². The Labute approximate surface area is 381 Å². The Morgan fingerprint density at radius 1 is 0.938 bits per heavy atom. The third-order valence-corrected chi connectivity index (χ3v) is 13.8. The maximum atomic E-state index is 14.8. The summed E-state index contributed by atoms with van der Waals surface area (Å²) in [6.07, 6.45) is 7.61. The number of carbonyl (C=O) groups is 5. The molecule has 16 heteroatoms. The van der Waals surface area contributed by atoms with Crippen molar-refractivity contribution in [1.29, 1.82) is 0 Å². The Balaban J connectivity index is 1.34. The van der Waals surface area contributed by atoms with Gasteiger partial charge in [0.15, 0.2) is 5.13 Å². The Kier molecular flexibility index (Phi) is 15.6. The molecule has 3 aromatic rings. The first-order valence-electron chi connectivity index (χ1n) is 22.8. The number of anilines is 1. The number of rotatable bonds is 17. The van der Waals surface area contributed by atoms with Crippen LogP contribution in [0.4, 0.5) is 5.13 Å². The van der Waals surface area contributed by atoms with Gasteiger partial charge in [0.05, 0.1) is 36.8 Å². The van der Waals surface area contributed by atoms with E-state index in [1.807, 2.05) is 64.3 Å². The number of pyridine rings is 1. The van der Waals surface area contributed by atoms with Gasteiger partial charge in [-0.2, -0.15) is 0 Å². The van der Waals surface area contributed by atoms with Gasteiger partial charge < -0.3 is 40.8 Å². The normalized spacial score (nSPS) is 23.5. The molecule has 0 spiro atoms. The van der Waals surface area contributed by atoms with Crippen LogP contribution in [-0.4, -0.2) is 90.1 Å². The van der Waals surface area contributed by atoms with Crippen molar-refractivity contribution in [2.75, 3.05) is 26.1 Å². The van der Waals surface area contributed by atoms with Crippen LogP contribution in [0.1, 0.15) is 106 Å². The van der Waals surface area contributed by atoms with Gasteiger partial charge in [-0.3, -0.25) is 19.2 Å². The van der Waals surface area contributed by atoms with Crippen LogP contribution < -0.4 is 36.1 Å². The van der Waals surface area contributed by atoms with Gasteiger partial charge in [0, 0.05) is 41.9 Å². The van der Waals surface area contributed by atoms with Crippen LogP contribution in [-0.2, 0) is 28.7 Å². The number of ether oxygens (including phenoxy) is 3. The van der Waals surface area contributed by atoms with Crippen molar-refractivity contribution in [3.05, 3.63) is 42.3 Å². The van der Waals surface area contributed by atoms with Gasteiger partial charge >= 0.3 is 5.97 Å². The number of benzene rings is 1. The molecule has 4 amide bonds. The lowest BCUT2D eigenvalue weighted by atomic mass is 9.82. The number of amides is 4. The SMILES string of the molecule is C=CC1CCC[C@]1(NC(=O)[C@@H]1C[C@@H](Oc2cc(-c3csc(NC(C)C)n3)nc3cc(OC)ccc23)C[C@H]1C(=O)N[C@H](C(=O)N[C@H](C(=O)NC)C1CCCCC1)C(C)(C)C)C(=O)OCC. The number of esters is 1. The van der Waals surface area contributed by atoms with E-state index < -0.39 is 64.7 Å². The van der Waals surface area contributed by atoms with Crippen molar-refractivity contribution < 1.29 is 38.2 Å². The minimum atomic E-state index is -1.34. The number of carbonyl (C=O) groups excluding carboxylic acids is 5. The fourth-order valence-corrected chi connectivity index (χ4v) is 10.5. The molecule has 3 fully saturated rings. The first-order valence-corrected chi connectivity index (χ1v) is 23.7. The number of thiazole rings is 1. The van der Waals surface area contributed by atoms with Gasteiger partial charge in [0.1, 0.15) is 40.9 Å². The molecule has 0 saturated heterocycles. The molecule has 1 aromatic carbocycles. The monoisotopic (exact) mass is 901 g/mol. The molecule has 7 atom stereocenters. The van der Waals surface area contributed by atoms with Crippen molar-refractivity contribution in [3.63, 3.8) is 0 Å². The highest BCUT2D eigenvalue weighted by atomic mass is 32.1. The third kappa shape index (κ3) is 10.8. The molecule has 6 rings (SSSR count). The molecule has 0 radical (unpaired) electrons. The van der Waals surface area contributed by atoms with E-state index in [4.69, 9.17) is 24.2 Å². The molecule has 0 bridgehead atoms.